The molecule has 5 nitrogen and oxygen atoms in total. The number of hydrogen-bond acceptors (Lipinski definition) is 4. The first-order valence-corrected chi connectivity index (χ1v) is 7.42. The normalized spacial score (nSPS) is 16.5. The van der Waals surface area contributed by atoms with Gasteiger partial charge < -0.3 is 14.6 Å². The molecule has 1 aliphatic rings. The minimum Gasteiger partial charge on any atom is -0.474 e. The maximum absolute atomic E-state index is 13.1. The monoisotopic (exact) mass is 326 g/mol. The highest BCUT2D eigenvalue weighted by atomic mass is 19.4. The molecule has 1 N–H and O–H groups in total. The molecule has 3 heterocycles. The Hall–Kier alpha value is -2.09. The van der Waals surface area contributed by atoms with Crippen molar-refractivity contribution >= 4 is 0 Å². The molecule has 0 spiro atoms. The van der Waals surface area contributed by atoms with Crippen molar-refractivity contribution < 1.29 is 17.9 Å². The molecule has 8 heteroatoms. The summed E-state index contributed by atoms with van der Waals surface area (Å²) in [7, 11) is 0. The number of imidazole rings is 1. The van der Waals surface area contributed by atoms with Crippen LogP contribution in [0.25, 0.3) is 0 Å². The van der Waals surface area contributed by atoms with Gasteiger partial charge in [-0.25, -0.2) is 9.97 Å². The molecule has 0 amide bonds. The number of rotatable bonds is 4. The highest BCUT2D eigenvalue weighted by Crippen LogP contribution is 2.30. The Labute approximate surface area is 131 Å². The van der Waals surface area contributed by atoms with Crippen LogP contribution in [-0.2, 0) is 12.7 Å². The van der Waals surface area contributed by atoms with Crippen LogP contribution in [0.3, 0.4) is 0 Å². The molecule has 1 fully saturated rings. The highest BCUT2D eigenvalue weighted by molar-refractivity contribution is 5.27. The van der Waals surface area contributed by atoms with E-state index >= 15 is 0 Å². The molecular weight excluding hydrogens is 309 g/mol. The van der Waals surface area contributed by atoms with Crippen LogP contribution in [0.5, 0.6) is 5.88 Å². The van der Waals surface area contributed by atoms with Crippen molar-refractivity contribution in [3.05, 3.63) is 42.1 Å². The minimum atomic E-state index is -4.50. The summed E-state index contributed by atoms with van der Waals surface area (Å²) >= 11 is 0. The summed E-state index contributed by atoms with van der Waals surface area (Å²) in [5.41, 5.74) is -0.451. The van der Waals surface area contributed by atoms with Gasteiger partial charge in [0.05, 0.1) is 6.33 Å². The van der Waals surface area contributed by atoms with Gasteiger partial charge in [0.2, 0.25) is 5.88 Å². The van der Waals surface area contributed by atoms with E-state index in [1.54, 1.807) is 29.4 Å². The second-order valence-corrected chi connectivity index (χ2v) is 5.50. The van der Waals surface area contributed by atoms with Gasteiger partial charge in [-0.15, -0.1) is 0 Å². The molecule has 0 radical (unpaired) electrons. The van der Waals surface area contributed by atoms with Crippen LogP contribution in [0.1, 0.15) is 24.1 Å². The van der Waals surface area contributed by atoms with E-state index in [9.17, 15) is 13.2 Å². The van der Waals surface area contributed by atoms with E-state index in [1.165, 1.54) is 0 Å². The zero-order chi connectivity index (χ0) is 16.3. The van der Waals surface area contributed by atoms with Gasteiger partial charge in [-0.2, -0.15) is 13.2 Å². The fourth-order valence-electron chi connectivity index (χ4n) is 2.53. The first-order valence-electron chi connectivity index (χ1n) is 7.42. The maximum Gasteiger partial charge on any atom is 0.433 e. The minimum absolute atomic E-state index is 0.0295. The molecule has 0 aromatic carbocycles. The second-order valence-electron chi connectivity index (χ2n) is 5.50. The fourth-order valence-corrected chi connectivity index (χ4v) is 2.53. The molecular formula is C15H17F3N4O. The maximum atomic E-state index is 13.1. The Bertz CT molecular complexity index is 637. The fraction of sp³-hybridized carbons (Fsp3) is 0.467. The lowest BCUT2D eigenvalue weighted by Crippen LogP contribution is -2.34. The van der Waals surface area contributed by atoms with Gasteiger partial charge in [-0.1, -0.05) is 0 Å². The molecule has 2 aromatic heterocycles. The molecule has 0 atom stereocenters. The number of ether oxygens (including phenoxy) is 1. The molecule has 0 saturated carbocycles. The largest absolute Gasteiger partial charge is 0.474 e. The number of hydrogen-bond donors (Lipinski definition) is 1. The Morgan fingerprint density at radius 1 is 1.26 bits per heavy atom. The quantitative estimate of drug-likeness (QED) is 0.938. The lowest BCUT2D eigenvalue weighted by atomic mass is 10.1. The van der Waals surface area contributed by atoms with Crippen LogP contribution >= 0.6 is 0 Å². The molecule has 2 aromatic rings. The van der Waals surface area contributed by atoms with Crippen molar-refractivity contribution in [2.24, 2.45) is 0 Å². The van der Waals surface area contributed by atoms with E-state index in [2.05, 4.69) is 15.3 Å². The summed E-state index contributed by atoms with van der Waals surface area (Å²) in [6.45, 7) is 1.88. The molecule has 1 aliphatic heterocycles. The van der Waals surface area contributed by atoms with Gasteiger partial charge in [0.25, 0.3) is 0 Å². The zero-order valence-electron chi connectivity index (χ0n) is 12.4. The summed E-state index contributed by atoms with van der Waals surface area (Å²) in [5, 5.41) is 3.19. The van der Waals surface area contributed by atoms with E-state index in [-0.39, 0.29) is 18.5 Å². The summed E-state index contributed by atoms with van der Waals surface area (Å²) < 4.78 is 46.5. The van der Waals surface area contributed by atoms with Crippen molar-refractivity contribution in [1.82, 2.24) is 19.9 Å². The summed E-state index contributed by atoms with van der Waals surface area (Å²) in [4.78, 5) is 7.53. The third-order valence-corrected chi connectivity index (χ3v) is 3.65. The molecule has 0 aliphatic carbocycles. The van der Waals surface area contributed by atoms with Crippen LogP contribution in [0.2, 0.25) is 0 Å². The van der Waals surface area contributed by atoms with Gasteiger partial charge >= 0.3 is 6.18 Å². The van der Waals surface area contributed by atoms with Gasteiger partial charge in [-0.3, -0.25) is 0 Å². The predicted molar refractivity (Wildman–Crippen MR) is 77.1 cm³/mol. The Morgan fingerprint density at radius 2 is 2.04 bits per heavy atom. The van der Waals surface area contributed by atoms with Crippen molar-refractivity contribution in [2.75, 3.05) is 13.1 Å². The third-order valence-electron chi connectivity index (χ3n) is 3.65. The topological polar surface area (TPSA) is 52.0 Å². The number of pyridine rings is 1. The number of alkyl halides is 3. The first kappa shape index (κ1) is 15.8. The zero-order valence-corrected chi connectivity index (χ0v) is 12.4. The van der Waals surface area contributed by atoms with E-state index in [4.69, 9.17) is 4.74 Å². The van der Waals surface area contributed by atoms with E-state index in [0.717, 1.165) is 32.0 Å². The van der Waals surface area contributed by atoms with Crippen LogP contribution in [0.15, 0.2) is 30.9 Å². The number of nitrogens with zero attached hydrogens (tertiary/aromatic N) is 3. The summed E-state index contributed by atoms with van der Waals surface area (Å²) in [6, 6.07) is 2.62. The Morgan fingerprint density at radius 3 is 2.70 bits per heavy atom. The van der Waals surface area contributed by atoms with Gasteiger partial charge in [0.1, 0.15) is 11.8 Å². The third kappa shape index (κ3) is 4.22. The van der Waals surface area contributed by atoms with Crippen molar-refractivity contribution in [2.45, 2.75) is 31.7 Å². The molecule has 124 valence electrons. The van der Waals surface area contributed by atoms with Crippen LogP contribution in [0.4, 0.5) is 13.2 Å². The molecule has 23 heavy (non-hydrogen) atoms. The van der Waals surface area contributed by atoms with Gasteiger partial charge in [0, 0.05) is 25.0 Å². The average Bonchev–Trinajstić information content (AvgIpc) is 3.00. The van der Waals surface area contributed by atoms with Crippen LogP contribution < -0.4 is 10.1 Å². The molecule has 3 rings (SSSR count). The van der Waals surface area contributed by atoms with E-state index in [0.29, 0.717) is 5.56 Å². The van der Waals surface area contributed by atoms with Crippen molar-refractivity contribution in [3.8, 4) is 5.88 Å². The highest BCUT2D eigenvalue weighted by Gasteiger charge is 2.33. The lowest BCUT2D eigenvalue weighted by Gasteiger charge is -2.24. The van der Waals surface area contributed by atoms with Crippen molar-refractivity contribution in [1.29, 1.82) is 0 Å². The van der Waals surface area contributed by atoms with Gasteiger partial charge in [-0.05, 0) is 37.6 Å². The molecule has 0 unspecified atom stereocenters. The summed E-state index contributed by atoms with van der Waals surface area (Å²) in [5.74, 6) is 0.0295. The summed E-state index contributed by atoms with van der Waals surface area (Å²) in [6.07, 6.45) is 1.74. The number of halogens is 3. The molecule has 0 bridgehead atoms. The molecule has 1 saturated heterocycles. The predicted octanol–water partition coefficient (Wildman–Crippen LogP) is 2.48. The van der Waals surface area contributed by atoms with E-state index < -0.39 is 11.9 Å². The number of aromatic nitrogens is 3. The van der Waals surface area contributed by atoms with Crippen LogP contribution in [0, 0.1) is 0 Å². The van der Waals surface area contributed by atoms with Crippen molar-refractivity contribution in [3.63, 3.8) is 0 Å². The standard InChI is InChI=1S/C15H17F3N4O/c16-15(17,18)13-7-11(9-22-6-5-20-10-22)8-14(21-13)23-12-1-3-19-4-2-12/h5-8,10,12,19H,1-4,9H2. The average molecular weight is 326 g/mol. The second kappa shape index (κ2) is 6.57. The lowest BCUT2D eigenvalue weighted by molar-refractivity contribution is -0.141. The number of nitrogens with one attached hydrogen (secondary N) is 1. The number of piperidine rings is 1. The Kier molecular flexibility index (Phi) is 4.51. The van der Waals surface area contributed by atoms with E-state index in [1.807, 2.05) is 0 Å². The first-order chi connectivity index (χ1) is 11.0. The Balaban J connectivity index is 1.84. The van der Waals surface area contributed by atoms with Gasteiger partial charge in [0.15, 0.2) is 0 Å². The SMILES string of the molecule is FC(F)(F)c1cc(Cn2ccnc2)cc(OC2CCNCC2)n1. The van der Waals surface area contributed by atoms with Crippen LogP contribution in [-0.4, -0.2) is 33.7 Å². The smallest absolute Gasteiger partial charge is 0.433 e.